The quantitative estimate of drug-likeness (QED) is 0.0324. The molecule has 0 radical (unpaired) electrons. The van der Waals surface area contributed by atoms with Gasteiger partial charge in [-0.3, -0.25) is 9.59 Å². The number of hydrogen-bond donors (Lipinski definition) is 18. The van der Waals surface area contributed by atoms with Crippen molar-refractivity contribution in [3.63, 3.8) is 0 Å². The first-order valence-corrected chi connectivity index (χ1v) is 21.8. The van der Waals surface area contributed by atoms with E-state index in [-0.39, 0.29) is 0 Å². The Balaban J connectivity index is 2.25. The third-order valence-electron chi connectivity index (χ3n) is 11.6. The second-order valence-corrected chi connectivity index (χ2v) is 16.7. The van der Waals surface area contributed by atoms with Gasteiger partial charge in [0.25, 0.3) is 5.79 Å². The zero-order chi connectivity index (χ0) is 52.1. The van der Waals surface area contributed by atoms with Crippen molar-refractivity contribution in [3.8, 4) is 0 Å². The summed E-state index contributed by atoms with van der Waals surface area (Å²) < 4.78 is 51.4. The lowest BCUT2D eigenvalue weighted by atomic mass is 9.89. The number of carboxylic acids is 1. The number of hydrogen-bond acceptors (Lipinski definition) is 27. The molecule has 3 fully saturated rings. The van der Waals surface area contributed by atoms with Crippen LogP contribution in [0.1, 0.15) is 39.5 Å². The van der Waals surface area contributed by atoms with Gasteiger partial charge in [-0.15, -0.1) is 0 Å². The molecule has 404 valence electrons. The molecule has 0 saturated carbocycles. The van der Waals surface area contributed by atoms with E-state index >= 15 is 0 Å². The van der Waals surface area contributed by atoms with E-state index in [2.05, 4.69) is 15.4 Å². The van der Waals surface area contributed by atoms with Gasteiger partial charge < -0.3 is 135 Å². The van der Waals surface area contributed by atoms with Crippen molar-refractivity contribution in [1.29, 1.82) is 0 Å². The number of ether oxygens (including phenoxy) is 9. The van der Waals surface area contributed by atoms with Crippen LogP contribution in [0, 0.1) is 0 Å². The summed E-state index contributed by atoms with van der Waals surface area (Å²) in [4.78, 5) is 38.4. The fourth-order valence-corrected chi connectivity index (χ4v) is 8.09. The fraction of sp³-hybridized carbons (Fsp3) is 0.923. The van der Waals surface area contributed by atoms with Gasteiger partial charge in [-0.1, -0.05) is 0 Å². The highest BCUT2D eigenvalue weighted by Gasteiger charge is 2.60. The molecule has 0 aromatic rings. The molecule has 30 nitrogen and oxygen atoms in total. The van der Waals surface area contributed by atoms with Crippen LogP contribution in [0.5, 0.6) is 0 Å². The highest BCUT2D eigenvalue weighted by molar-refractivity contribution is 5.76. The van der Waals surface area contributed by atoms with Gasteiger partial charge in [0.15, 0.2) is 25.2 Å². The largest absolute Gasteiger partial charge is 0.477 e. The van der Waals surface area contributed by atoms with Crippen LogP contribution in [0.25, 0.3) is 0 Å². The maximum absolute atomic E-state index is 13.4. The zero-order valence-electron chi connectivity index (χ0n) is 38.1. The van der Waals surface area contributed by atoms with E-state index in [4.69, 9.17) is 37.9 Å². The average Bonchev–Trinajstić information content (AvgIpc) is 3.30. The van der Waals surface area contributed by atoms with Gasteiger partial charge in [0.2, 0.25) is 11.8 Å². The van der Waals surface area contributed by atoms with Gasteiger partial charge in [0.05, 0.1) is 56.4 Å². The Kier molecular flexibility index (Phi) is 24.7. The summed E-state index contributed by atoms with van der Waals surface area (Å²) in [6.07, 6.45) is -42.5. The predicted octanol–water partition coefficient (Wildman–Crippen LogP) is -10.1. The zero-order valence-corrected chi connectivity index (χ0v) is 38.1. The smallest absolute Gasteiger partial charge is 0.364 e. The normalized spacial score (nSPS) is 36.0. The summed E-state index contributed by atoms with van der Waals surface area (Å²) >= 11 is 0. The van der Waals surface area contributed by atoms with E-state index in [0.717, 1.165) is 28.1 Å². The molecule has 0 aliphatic carbocycles. The van der Waals surface area contributed by atoms with Crippen LogP contribution in [-0.4, -0.2) is 287 Å². The predicted molar refractivity (Wildman–Crippen MR) is 219 cm³/mol. The lowest BCUT2D eigenvalue weighted by Crippen LogP contribution is -2.70. The summed E-state index contributed by atoms with van der Waals surface area (Å²) in [5, 5.41) is 174. The topological polar surface area (TPSA) is 482 Å². The van der Waals surface area contributed by atoms with Crippen LogP contribution in [0.15, 0.2) is 0 Å². The van der Waals surface area contributed by atoms with Crippen LogP contribution in [0.2, 0.25) is 0 Å². The molecule has 30 heteroatoms. The Morgan fingerprint density at radius 2 is 1.32 bits per heavy atom. The molecule has 0 spiro atoms. The summed E-state index contributed by atoms with van der Waals surface area (Å²) in [7, 11) is 1.93. The summed E-state index contributed by atoms with van der Waals surface area (Å²) in [6, 6.07) is -3.33. The lowest BCUT2D eigenvalue weighted by Gasteiger charge is -2.51. The fourth-order valence-electron chi connectivity index (χ4n) is 8.09. The molecule has 3 aliphatic rings. The number of rotatable bonds is 28. The first-order valence-electron chi connectivity index (χ1n) is 21.8. The van der Waals surface area contributed by atoms with E-state index < -0.39 is 217 Å². The van der Waals surface area contributed by atoms with E-state index in [1.54, 1.807) is 0 Å². The molecule has 0 aromatic heterocycles. The van der Waals surface area contributed by atoms with Gasteiger partial charge in [0, 0.05) is 54.1 Å². The minimum absolute atomic E-state index is 0.548. The molecule has 3 rings (SSSR count). The number of carbonyl (C=O) groups is 3. The molecular weight excluding hydrogens is 944 g/mol. The second kappa shape index (κ2) is 28.0. The van der Waals surface area contributed by atoms with Crippen molar-refractivity contribution in [2.45, 2.75) is 180 Å². The van der Waals surface area contributed by atoms with Gasteiger partial charge in [0.1, 0.15) is 73.2 Å². The van der Waals surface area contributed by atoms with Crippen LogP contribution >= 0.6 is 0 Å². The Labute approximate surface area is 394 Å². The van der Waals surface area contributed by atoms with E-state index in [0.29, 0.717) is 0 Å². The second-order valence-electron chi connectivity index (χ2n) is 16.7. The van der Waals surface area contributed by atoms with Gasteiger partial charge in [-0.2, -0.15) is 0 Å². The van der Waals surface area contributed by atoms with Crippen molar-refractivity contribution in [2.24, 2.45) is 0 Å². The average molecular weight is 1010 g/mol. The molecule has 18 N–H and O–H groups in total. The van der Waals surface area contributed by atoms with Crippen LogP contribution < -0.4 is 10.6 Å². The number of carboxylic acid groups (broad SMARTS) is 1. The number of carbonyl (C=O) groups excluding carboxylic acids is 2. The molecule has 3 saturated heterocycles. The van der Waals surface area contributed by atoms with Crippen molar-refractivity contribution in [1.82, 2.24) is 10.6 Å². The van der Waals surface area contributed by atoms with Gasteiger partial charge >= 0.3 is 5.97 Å². The monoisotopic (exact) mass is 1010 g/mol. The summed E-state index contributed by atoms with van der Waals surface area (Å²) in [6.45, 7) is -2.49. The Morgan fingerprint density at radius 1 is 0.710 bits per heavy atom. The maximum atomic E-state index is 13.4. The van der Waals surface area contributed by atoms with E-state index in [9.17, 15) is 96.1 Å². The van der Waals surface area contributed by atoms with E-state index in [1.807, 2.05) is 0 Å². The minimum Gasteiger partial charge on any atom is -0.477 e. The first kappa shape index (κ1) is 60.8. The third-order valence-corrected chi connectivity index (χ3v) is 11.6. The molecule has 69 heavy (non-hydrogen) atoms. The number of aliphatic hydroxyl groups is 15. The van der Waals surface area contributed by atoms with Gasteiger partial charge in [-0.25, -0.2) is 4.79 Å². The summed E-state index contributed by atoms with van der Waals surface area (Å²) in [5.74, 6) is -6.81. The highest BCUT2D eigenvalue weighted by Crippen LogP contribution is 2.39. The van der Waals surface area contributed by atoms with Crippen molar-refractivity contribution in [3.05, 3.63) is 0 Å². The van der Waals surface area contributed by atoms with Crippen LogP contribution in [0.3, 0.4) is 0 Å². The highest BCUT2D eigenvalue weighted by atomic mass is 16.8. The van der Waals surface area contributed by atoms with Crippen LogP contribution in [0.4, 0.5) is 0 Å². The molecule has 13 unspecified atom stereocenters. The number of methoxy groups -OCH3 is 2. The Hall–Kier alpha value is -2.55. The van der Waals surface area contributed by atoms with Crippen molar-refractivity contribution in [2.75, 3.05) is 47.3 Å². The Bertz CT molecular complexity index is 1560. The Morgan fingerprint density at radius 3 is 1.84 bits per heavy atom. The third kappa shape index (κ3) is 15.5. The summed E-state index contributed by atoms with van der Waals surface area (Å²) in [5.41, 5.74) is 0. The molecule has 23 atom stereocenters. The van der Waals surface area contributed by atoms with Crippen LogP contribution in [-0.2, 0) is 57.0 Å². The molecule has 3 heterocycles. The molecule has 2 amide bonds. The number of aliphatic hydroxyl groups excluding tert-OH is 15. The van der Waals surface area contributed by atoms with Crippen molar-refractivity contribution >= 4 is 17.8 Å². The lowest BCUT2D eigenvalue weighted by molar-refractivity contribution is -0.386. The van der Waals surface area contributed by atoms with Gasteiger partial charge in [-0.05, 0) is 12.8 Å². The first-order chi connectivity index (χ1) is 32.5. The molecule has 0 bridgehead atoms. The van der Waals surface area contributed by atoms with E-state index in [1.165, 1.54) is 0 Å². The molecule has 0 aromatic carbocycles. The molecular formula is C39H70N2O28. The SMILES string of the molecule is CO[C@@H](O[C@H]1C(CO)OC(O[C@H](CCO)C(O)C(O)[C@H](O)OC)C(O)C1O[C@]1(C(=O)O)CC(O)[C@@H](NC(C)=O)C(C[C@H](O)CO)O1)C(NC(C)=O)C(O[C@@H]1OC(CO)[C@H](O)C(O)C1O)[C@@H](O)CCO. The minimum atomic E-state index is -3.14. The molecule has 3 aliphatic heterocycles. The number of amides is 2. The standard InChI is InChI=1S/C39H70N2O28/c1-14(47)40-23-18(51)10-39(38(59)60,68-20(23)9-16(49)11-44)69-33-30(57)37(63-19(6-8-43)25(52)28(55)34(58)61-3)65-22(13-46)32(33)67-35(62-4)24(41-15(2)48)31(17(50)5-7-42)66-36-29(56)27(54)26(53)21(12-45)64-36/h16-37,42-46,49-58H,5-13H2,1-4H3,(H,40,47)(H,41,48)(H,59,60)/t16-,17-,18?,19+,20?,21?,22?,23+,24?,25?,26-,27?,28?,29?,30?,31?,32-,33?,34+,35-,36-,37?,39-/m0/s1. The number of nitrogens with one attached hydrogen (secondary N) is 2. The number of aliphatic carboxylic acids is 1. The van der Waals surface area contributed by atoms with Crippen molar-refractivity contribution < 1.29 is 139 Å². The maximum Gasteiger partial charge on any atom is 0.364 e.